The molecule has 0 fully saturated rings. The first-order valence-corrected chi connectivity index (χ1v) is 10.9. The van der Waals surface area contributed by atoms with Crippen LogP contribution in [0.15, 0.2) is 77.0 Å². The molecule has 1 atom stereocenters. The second-order valence-electron chi connectivity index (χ2n) is 7.05. The van der Waals surface area contributed by atoms with E-state index in [4.69, 9.17) is 15.2 Å². The van der Waals surface area contributed by atoms with E-state index >= 15 is 0 Å². The monoisotopic (exact) mass is 464 g/mol. The van der Waals surface area contributed by atoms with Crippen LogP contribution >= 0.6 is 11.3 Å². The van der Waals surface area contributed by atoms with Crippen LogP contribution in [0.2, 0.25) is 0 Å². The summed E-state index contributed by atoms with van der Waals surface area (Å²) < 4.78 is 12.5. The summed E-state index contributed by atoms with van der Waals surface area (Å²) in [5.74, 6) is 0.605. The zero-order chi connectivity index (χ0) is 23.2. The molecule has 168 valence electrons. The molecule has 0 radical (unpaired) electrons. The Kier molecular flexibility index (Phi) is 6.65. The highest BCUT2D eigenvalue weighted by molar-refractivity contribution is 7.15. The average molecular weight is 465 g/mol. The number of hydrogen-bond acceptors (Lipinski definition) is 7. The van der Waals surface area contributed by atoms with Crippen LogP contribution in [-0.4, -0.2) is 21.4 Å². The number of rotatable bonds is 8. The lowest BCUT2D eigenvalue weighted by atomic mass is 10.0. The summed E-state index contributed by atoms with van der Waals surface area (Å²) in [5, 5.41) is 4.31. The second kappa shape index (κ2) is 9.96. The molecule has 0 aliphatic rings. The number of ether oxygens (including phenoxy) is 2. The minimum atomic E-state index is -0.778. The Hall–Kier alpha value is -4.18. The molecule has 3 N–H and O–H groups in total. The van der Waals surface area contributed by atoms with Gasteiger partial charge in [-0.1, -0.05) is 30.3 Å². The minimum absolute atomic E-state index is 0.164. The molecule has 2 aromatic carbocycles. The van der Waals surface area contributed by atoms with Crippen molar-refractivity contribution in [1.29, 1.82) is 0 Å². The summed E-state index contributed by atoms with van der Waals surface area (Å²) >= 11 is 1.30. The number of thiazole rings is 1. The summed E-state index contributed by atoms with van der Waals surface area (Å²) in [4.78, 5) is 40.9. The van der Waals surface area contributed by atoms with Gasteiger partial charge in [-0.2, -0.15) is 0 Å². The van der Waals surface area contributed by atoms with Gasteiger partial charge in [-0.25, -0.2) is 9.78 Å². The molecular weight excluding hydrogens is 444 g/mol. The Labute approximate surface area is 192 Å². The molecule has 0 spiro atoms. The van der Waals surface area contributed by atoms with Crippen molar-refractivity contribution in [3.63, 3.8) is 0 Å². The van der Waals surface area contributed by atoms with Gasteiger partial charge < -0.3 is 20.5 Å². The number of hydrogen-bond donors (Lipinski definition) is 2. The number of fused-ring (bicyclic) bond motifs is 1. The van der Waals surface area contributed by atoms with Gasteiger partial charge in [-0.3, -0.25) is 14.0 Å². The van der Waals surface area contributed by atoms with Crippen LogP contribution in [0, 0.1) is 0 Å². The van der Waals surface area contributed by atoms with Crippen molar-refractivity contribution in [1.82, 2.24) is 14.7 Å². The lowest BCUT2D eigenvalue weighted by Crippen LogP contribution is -2.34. The van der Waals surface area contributed by atoms with Gasteiger partial charge in [0.25, 0.3) is 5.56 Å². The average Bonchev–Trinajstić information content (AvgIpc) is 3.27. The normalized spacial score (nSPS) is 11.6. The number of urea groups is 1. The number of nitrogens with two attached hydrogens (primary N) is 1. The number of amides is 2. The third kappa shape index (κ3) is 5.74. The van der Waals surface area contributed by atoms with Gasteiger partial charge in [-0.15, -0.1) is 11.3 Å². The second-order valence-corrected chi connectivity index (χ2v) is 7.93. The predicted molar refractivity (Wildman–Crippen MR) is 122 cm³/mol. The van der Waals surface area contributed by atoms with E-state index in [1.54, 1.807) is 35.8 Å². The van der Waals surface area contributed by atoms with Crippen LogP contribution in [0.1, 0.15) is 23.7 Å². The van der Waals surface area contributed by atoms with E-state index in [0.29, 0.717) is 27.7 Å². The number of para-hydroxylation sites is 1. The standard InChI is InChI=1S/C23H20N4O5S/c24-22(30)26-19(15-5-4-8-18(11-15)32-17-6-2-1-3-7-17)13-21(29)31-14-16-12-20(28)27-9-10-33-23(27)25-16/h1-12,19H,13-14H2,(H3,24,26,30)/t19-/m1/s1. The molecule has 2 heterocycles. The van der Waals surface area contributed by atoms with Crippen LogP contribution in [0.5, 0.6) is 11.5 Å². The fourth-order valence-electron chi connectivity index (χ4n) is 3.19. The van der Waals surface area contributed by atoms with E-state index in [0.717, 1.165) is 0 Å². The number of nitrogens with one attached hydrogen (secondary N) is 1. The van der Waals surface area contributed by atoms with Gasteiger partial charge in [0.1, 0.15) is 18.1 Å². The first kappa shape index (κ1) is 22.0. The number of aromatic nitrogens is 2. The SMILES string of the molecule is NC(=O)N[C@H](CC(=O)OCc1cc(=O)n2ccsc2n1)c1cccc(Oc2ccccc2)c1. The molecule has 2 amide bonds. The number of carbonyl (C=O) groups is 2. The summed E-state index contributed by atoms with van der Waals surface area (Å²) in [6, 6.07) is 16.0. The van der Waals surface area contributed by atoms with Crippen molar-refractivity contribution >= 4 is 28.3 Å². The first-order chi connectivity index (χ1) is 16.0. The zero-order valence-electron chi connectivity index (χ0n) is 17.3. The van der Waals surface area contributed by atoms with Crippen molar-refractivity contribution in [3.8, 4) is 11.5 Å². The van der Waals surface area contributed by atoms with Gasteiger partial charge in [0.05, 0.1) is 18.2 Å². The highest BCUT2D eigenvalue weighted by Gasteiger charge is 2.20. The largest absolute Gasteiger partial charge is 0.459 e. The first-order valence-electron chi connectivity index (χ1n) is 9.98. The molecule has 0 aliphatic carbocycles. The highest BCUT2D eigenvalue weighted by Crippen LogP contribution is 2.26. The van der Waals surface area contributed by atoms with Gasteiger partial charge in [0.2, 0.25) is 0 Å². The molecular formula is C23H20N4O5S. The highest BCUT2D eigenvalue weighted by atomic mass is 32.1. The Balaban J connectivity index is 1.44. The van der Waals surface area contributed by atoms with Gasteiger partial charge >= 0.3 is 12.0 Å². The quantitative estimate of drug-likeness (QED) is 0.385. The van der Waals surface area contributed by atoms with E-state index in [2.05, 4.69) is 10.3 Å². The third-order valence-corrected chi connectivity index (χ3v) is 5.42. The van der Waals surface area contributed by atoms with E-state index in [1.165, 1.54) is 21.8 Å². The van der Waals surface area contributed by atoms with Crippen molar-refractivity contribution in [3.05, 3.63) is 93.9 Å². The molecule has 4 rings (SSSR count). The number of esters is 1. The number of primary amides is 1. The molecule has 10 heteroatoms. The maximum atomic E-state index is 12.5. The fraction of sp³-hybridized carbons (Fsp3) is 0.130. The molecule has 0 saturated heterocycles. The zero-order valence-corrected chi connectivity index (χ0v) is 18.2. The summed E-state index contributed by atoms with van der Waals surface area (Å²) in [6.07, 6.45) is 1.46. The summed E-state index contributed by atoms with van der Waals surface area (Å²) in [7, 11) is 0. The lowest BCUT2D eigenvalue weighted by Gasteiger charge is -2.18. The van der Waals surface area contributed by atoms with Gasteiger partial charge in [-0.05, 0) is 29.8 Å². The van der Waals surface area contributed by atoms with Crippen LogP contribution in [0.4, 0.5) is 4.79 Å². The Morgan fingerprint density at radius 2 is 1.88 bits per heavy atom. The van der Waals surface area contributed by atoms with Crippen LogP contribution in [0.3, 0.4) is 0 Å². The molecule has 0 unspecified atom stereocenters. The van der Waals surface area contributed by atoms with E-state index in [9.17, 15) is 14.4 Å². The summed E-state index contributed by atoms with van der Waals surface area (Å²) in [5.41, 5.74) is 6.02. The Morgan fingerprint density at radius 3 is 2.67 bits per heavy atom. The van der Waals surface area contributed by atoms with Crippen molar-refractivity contribution < 1.29 is 19.1 Å². The molecule has 33 heavy (non-hydrogen) atoms. The molecule has 9 nitrogen and oxygen atoms in total. The van der Waals surface area contributed by atoms with Crippen molar-refractivity contribution in [2.45, 2.75) is 19.1 Å². The maximum Gasteiger partial charge on any atom is 0.312 e. The minimum Gasteiger partial charge on any atom is -0.459 e. The van der Waals surface area contributed by atoms with Crippen LogP contribution in [0.25, 0.3) is 4.96 Å². The van der Waals surface area contributed by atoms with E-state index < -0.39 is 18.0 Å². The molecule has 0 bridgehead atoms. The van der Waals surface area contributed by atoms with Crippen molar-refractivity contribution in [2.75, 3.05) is 0 Å². The maximum absolute atomic E-state index is 12.5. The van der Waals surface area contributed by atoms with Crippen LogP contribution < -0.4 is 21.3 Å². The van der Waals surface area contributed by atoms with Gasteiger partial charge in [0.15, 0.2) is 4.96 Å². The predicted octanol–water partition coefficient (Wildman–Crippen LogP) is 3.39. The van der Waals surface area contributed by atoms with E-state index in [1.807, 2.05) is 30.3 Å². The number of benzene rings is 2. The molecule has 4 aromatic rings. The van der Waals surface area contributed by atoms with Crippen molar-refractivity contribution in [2.24, 2.45) is 5.73 Å². The smallest absolute Gasteiger partial charge is 0.312 e. The Morgan fingerprint density at radius 1 is 1.09 bits per heavy atom. The van der Waals surface area contributed by atoms with Gasteiger partial charge in [0, 0.05) is 17.6 Å². The fourth-order valence-corrected chi connectivity index (χ4v) is 3.92. The van der Waals surface area contributed by atoms with Crippen LogP contribution in [-0.2, 0) is 16.1 Å². The third-order valence-electron chi connectivity index (χ3n) is 4.66. The molecule has 0 saturated carbocycles. The number of nitrogens with zero attached hydrogens (tertiary/aromatic N) is 2. The topological polar surface area (TPSA) is 125 Å². The Bertz CT molecular complexity index is 1340. The molecule has 0 aliphatic heterocycles. The number of carbonyl (C=O) groups excluding carboxylic acids is 2. The molecule has 2 aromatic heterocycles. The van der Waals surface area contributed by atoms with E-state index in [-0.39, 0.29) is 18.6 Å². The lowest BCUT2D eigenvalue weighted by molar-refractivity contribution is -0.145. The summed E-state index contributed by atoms with van der Waals surface area (Å²) in [6.45, 7) is -0.164.